The number of nitrogens with zero attached hydrogens (tertiary/aromatic N) is 2. The molecule has 1 heterocycles. The molecule has 2 aromatic carbocycles. The van der Waals surface area contributed by atoms with Crippen LogP contribution in [0.2, 0.25) is 0 Å². The van der Waals surface area contributed by atoms with Crippen LogP contribution in [0.15, 0.2) is 48.5 Å². The molecule has 0 saturated carbocycles. The molecule has 0 spiro atoms. The van der Waals surface area contributed by atoms with E-state index in [0.29, 0.717) is 17.9 Å². The van der Waals surface area contributed by atoms with Crippen molar-refractivity contribution in [3.05, 3.63) is 54.1 Å². The Bertz CT molecular complexity index is 756. The summed E-state index contributed by atoms with van der Waals surface area (Å²) in [5, 5.41) is 2.99. The lowest BCUT2D eigenvalue weighted by atomic mass is 10.2. The fourth-order valence-corrected chi connectivity index (χ4v) is 3.45. The highest BCUT2D eigenvalue weighted by Crippen LogP contribution is 2.20. The smallest absolute Gasteiger partial charge is 0.255 e. The van der Waals surface area contributed by atoms with E-state index in [1.54, 1.807) is 26.4 Å². The van der Waals surface area contributed by atoms with Crippen LogP contribution in [0, 0.1) is 0 Å². The van der Waals surface area contributed by atoms with Crippen molar-refractivity contribution >= 4 is 11.6 Å². The van der Waals surface area contributed by atoms with Crippen molar-refractivity contribution < 1.29 is 14.3 Å². The lowest BCUT2D eigenvalue weighted by molar-refractivity contribution is 0.0948. The molecule has 1 aliphatic heterocycles. The average molecular weight is 383 g/mol. The Kier molecular flexibility index (Phi) is 7.14. The van der Waals surface area contributed by atoms with Gasteiger partial charge in [0.1, 0.15) is 11.5 Å². The largest absolute Gasteiger partial charge is 0.497 e. The third-order valence-electron chi connectivity index (χ3n) is 5.10. The van der Waals surface area contributed by atoms with E-state index in [4.69, 9.17) is 9.47 Å². The molecule has 0 bridgehead atoms. The lowest BCUT2D eigenvalue weighted by Gasteiger charge is -2.36. The van der Waals surface area contributed by atoms with Crippen LogP contribution in [0.5, 0.6) is 11.5 Å². The van der Waals surface area contributed by atoms with E-state index >= 15 is 0 Å². The number of hydrogen-bond donors (Lipinski definition) is 1. The van der Waals surface area contributed by atoms with E-state index in [-0.39, 0.29) is 5.91 Å². The molecule has 28 heavy (non-hydrogen) atoms. The highest BCUT2D eigenvalue weighted by molar-refractivity contribution is 5.96. The van der Waals surface area contributed by atoms with Crippen molar-refractivity contribution in [3.8, 4) is 11.5 Å². The normalized spacial score (nSPS) is 14.6. The molecule has 1 saturated heterocycles. The number of carbonyl (C=O) groups excluding carboxylic acids is 1. The Hall–Kier alpha value is -2.73. The summed E-state index contributed by atoms with van der Waals surface area (Å²) in [7, 11) is 3.27. The monoisotopic (exact) mass is 383 g/mol. The van der Waals surface area contributed by atoms with Crippen molar-refractivity contribution in [2.75, 3.05) is 58.4 Å². The number of ether oxygens (including phenoxy) is 2. The summed E-state index contributed by atoms with van der Waals surface area (Å²) < 4.78 is 10.5. The van der Waals surface area contributed by atoms with Crippen LogP contribution >= 0.6 is 0 Å². The standard InChI is InChI=1S/C22H29N3O3/c1-27-19-10-8-18(9-11-19)25-16-14-24(15-17-25)13-5-12-23-22(26)20-6-3-4-7-21(20)28-2/h3-4,6-11H,5,12-17H2,1-2H3,(H,23,26). The first-order chi connectivity index (χ1) is 13.7. The number of benzene rings is 2. The topological polar surface area (TPSA) is 54.0 Å². The number of amides is 1. The summed E-state index contributed by atoms with van der Waals surface area (Å²) in [6.45, 7) is 5.75. The number of rotatable bonds is 8. The molecule has 150 valence electrons. The minimum absolute atomic E-state index is 0.0817. The van der Waals surface area contributed by atoms with Gasteiger partial charge in [-0.15, -0.1) is 0 Å². The SMILES string of the molecule is COc1ccc(N2CCN(CCCNC(=O)c3ccccc3OC)CC2)cc1. The van der Waals surface area contributed by atoms with Crippen molar-refractivity contribution in [2.24, 2.45) is 0 Å². The van der Waals surface area contributed by atoms with Crippen molar-refractivity contribution in [2.45, 2.75) is 6.42 Å². The molecule has 6 heteroatoms. The lowest BCUT2D eigenvalue weighted by Crippen LogP contribution is -2.47. The molecule has 0 radical (unpaired) electrons. The molecule has 1 aliphatic rings. The highest BCUT2D eigenvalue weighted by atomic mass is 16.5. The maximum absolute atomic E-state index is 12.3. The van der Waals surface area contributed by atoms with Gasteiger partial charge in [-0.1, -0.05) is 12.1 Å². The van der Waals surface area contributed by atoms with Gasteiger partial charge in [-0.3, -0.25) is 9.69 Å². The Morgan fingerprint density at radius 3 is 2.36 bits per heavy atom. The van der Waals surface area contributed by atoms with Crippen LogP contribution in [-0.4, -0.2) is 64.3 Å². The van der Waals surface area contributed by atoms with Gasteiger partial charge >= 0.3 is 0 Å². The van der Waals surface area contributed by atoms with Crippen LogP contribution in [0.25, 0.3) is 0 Å². The summed E-state index contributed by atoms with van der Waals surface area (Å²) in [6.07, 6.45) is 0.934. The summed E-state index contributed by atoms with van der Waals surface area (Å²) in [6, 6.07) is 15.5. The predicted octanol–water partition coefficient (Wildman–Crippen LogP) is 2.65. The maximum Gasteiger partial charge on any atom is 0.255 e. The van der Waals surface area contributed by atoms with Gasteiger partial charge in [0.2, 0.25) is 0 Å². The Morgan fingerprint density at radius 2 is 1.68 bits per heavy atom. The molecular weight excluding hydrogens is 354 g/mol. The molecule has 0 aliphatic carbocycles. The molecule has 6 nitrogen and oxygen atoms in total. The van der Waals surface area contributed by atoms with Crippen LogP contribution in [0.3, 0.4) is 0 Å². The van der Waals surface area contributed by atoms with Gasteiger partial charge in [-0.25, -0.2) is 0 Å². The fourth-order valence-electron chi connectivity index (χ4n) is 3.45. The van der Waals surface area contributed by atoms with E-state index in [9.17, 15) is 4.79 Å². The zero-order valence-electron chi connectivity index (χ0n) is 16.7. The van der Waals surface area contributed by atoms with Gasteiger partial charge in [0.15, 0.2) is 0 Å². The number of nitrogens with one attached hydrogen (secondary N) is 1. The van der Waals surface area contributed by atoms with E-state index in [0.717, 1.165) is 44.9 Å². The second-order valence-corrected chi connectivity index (χ2v) is 6.84. The number of anilines is 1. The summed E-state index contributed by atoms with van der Waals surface area (Å²) in [5.74, 6) is 1.41. The van der Waals surface area contributed by atoms with E-state index < -0.39 is 0 Å². The number of methoxy groups -OCH3 is 2. The van der Waals surface area contributed by atoms with Crippen molar-refractivity contribution in [1.29, 1.82) is 0 Å². The van der Waals surface area contributed by atoms with E-state index in [1.165, 1.54) is 5.69 Å². The second-order valence-electron chi connectivity index (χ2n) is 6.84. The van der Waals surface area contributed by atoms with Gasteiger partial charge in [0.25, 0.3) is 5.91 Å². The minimum atomic E-state index is -0.0817. The molecule has 2 aromatic rings. The van der Waals surface area contributed by atoms with Crippen LogP contribution in [0.1, 0.15) is 16.8 Å². The zero-order valence-corrected chi connectivity index (χ0v) is 16.7. The van der Waals surface area contributed by atoms with Gasteiger partial charge in [-0.05, 0) is 49.4 Å². The molecule has 1 amide bonds. The number of para-hydroxylation sites is 1. The third-order valence-corrected chi connectivity index (χ3v) is 5.10. The average Bonchev–Trinajstić information content (AvgIpc) is 2.77. The van der Waals surface area contributed by atoms with Gasteiger partial charge < -0.3 is 19.7 Å². The summed E-state index contributed by atoms with van der Waals surface area (Å²) in [5.41, 5.74) is 1.82. The molecule has 0 aromatic heterocycles. The third kappa shape index (κ3) is 5.16. The molecule has 1 N–H and O–H groups in total. The predicted molar refractivity (Wildman–Crippen MR) is 112 cm³/mol. The Morgan fingerprint density at radius 1 is 0.964 bits per heavy atom. The van der Waals surface area contributed by atoms with Gasteiger partial charge in [-0.2, -0.15) is 0 Å². The summed E-state index contributed by atoms with van der Waals surface area (Å²) in [4.78, 5) is 17.2. The first kappa shape index (κ1) is 20.0. The zero-order chi connectivity index (χ0) is 19.8. The van der Waals surface area contributed by atoms with Crippen LogP contribution < -0.4 is 19.7 Å². The number of hydrogen-bond acceptors (Lipinski definition) is 5. The van der Waals surface area contributed by atoms with Crippen molar-refractivity contribution in [1.82, 2.24) is 10.2 Å². The highest BCUT2D eigenvalue weighted by Gasteiger charge is 2.17. The van der Waals surface area contributed by atoms with Gasteiger partial charge in [0.05, 0.1) is 19.8 Å². The first-order valence-electron chi connectivity index (χ1n) is 9.74. The van der Waals surface area contributed by atoms with E-state index in [2.05, 4.69) is 27.2 Å². The Labute approximate surface area is 167 Å². The molecule has 1 fully saturated rings. The summed E-state index contributed by atoms with van der Waals surface area (Å²) >= 11 is 0. The number of piperazine rings is 1. The van der Waals surface area contributed by atoms with Crippen LogP contribution in [-0.2, 0) is 0 Å². The molecule has 0 unspecified atom stereocenters. The first-order valence-corrected chi connectivity index (χ1v) is 9.74. The fraction of sp³-hybridized carbons (Fsp3) is 0.409. The molecule has 0 atom stereocenters. The number of carbonyl (C=O) groups is 1. The van der Waals surface area contributed by atoms with E-state index in [1.807, 2.05) is 24.3 Å². The second kappa shape index (κ2) is 9.99. The van der Waals surface area contributed by atoms with Crippen molar-refractivity contribution in [3.63, 3.8) is 0 Å². The Balaban J connectivity index is 1.37. The molecule has 3 rings (SSSR count). The minimum Gasteiger partial charge on any atom is -0.497 e. The quantitative estimate of drug-likeness (QED) is 0.711. The molecular formula is C22H29N3O3. The maximum atomic E-state index is 12.3. The van der Waals surface area contributed by atoms with Crippen LogP contribution in [0.4, 0.5) is 5.69 Å². The van der Waals surface area contributed by atoms with Gasteiger partial charge in [0, 0.05) is 38.4 Å².